The Morgan fingerprint density at radius 3 is 2.90 bits per heavy atom. The first-order valence-corrected chi connectivity index (χ1v) is 3.77. The topological polar surface area (TPSA) is 9.23 Å². The lowest BCUT2D eigenvalue weighted by Crippen LogP contribution is -1.91. The normalized spacial score (nSPS) is 10.5. The van der Waals surface area contributed by atoms with Gasteiger partial charge in [-0.2, -0.15) is 0 Å². The Morgan fingerprint density at radius 2 is 2.30 bits per heavy atom. The van der Waals surface area contributed by atoms with Crippen molar-refractivity contribution in [3.8, 4) is 0 Å². The lowest BCUT2D eigenvalue weighted by Gasteiger charge is -1.95. The van der Waals surface area contributed by atoms with E-state index in [9.17, 15) is 0 Å². The van der Waals surface area contributed by atoms with E-state index in [2.05, 4.69) is 12.7 Å². The van der Waals surface area contributed by atoms with Crippen LogP contribution in [0.2, 0.25) is 0 Å². The van der Waals surface area contributed by atoms with Crippen molar-refractivity contribution in [2.75, 3.05) is 13.2 Å². The molecule has 58 valence electrons. The molecule has 0 aliphatic rings. The molecule has 0 N–H and O–H groups in total. The maximum Gasteiger partial charge on any atom is 0.0468 e. The standard InChI is InChI=1S/C9H16O/c1-3-5-6-7-8-9-10-4-2/h3,5-6H,1,4,7-9H2,2H3. The van der Waals surface area contributed by atoms with E-state index in [1.54, 1.807) is 6.08 Å². The zero-order valence-electron chi connectivity index (χ0n) is 6.68. The summed E-state index contributed by atoms with van der Waals surface area (Å²) >= 11 is 0. The monoisotopic (exact) mass is 140 g/mol. The van der Waals surface area contributed by atoms with Crippen LogP contribution in [0.25, 0.3) is 0 Å². The molecule has 0 rings (SSSR count). The van der Waals surface area contributed by atoms with E-state index in [0.717, 1.165) is 26.1 Å². The van der Waals surface area contributed by atoms with E-state index < -0.39 is 0 Å². The minimum atomic E-state index is 0.825. The van der Waals surface area contributed by atoms with Crippen molar-refractivity contribution >= 4 is 0 Å². The van der Waals surface area contributed by atoms with E-state index in [1.165, 1.54) is 0 Å². The molecular weight excluding hydrogens is 124 g/mol. The van der Waals surface area contributed by atoms with Crippen LogP contribution in [-0.4, -0.2) is 13.2 Å². The Hall–Kier alpha value is -0.560. The highest BCUT2D eigenvalue weighted by atomic mass is 16.5. The zero-order valence-corrected chi connectivity index (χ0v) is 6.68. The van der Waals surface area contributed by atoms with Crippen molar-refractivity contribution in [1.29, 1.82) is 0 Å². The summed E-state index contributed by atoms with van der Waals surface area (Å²) in [5.41, 5.74) is 0. The van der Waals surface area contributed by atoms with Crippen molar-refractivity contribution in [2.24, 2.45) is 0 Å². The van der Waals surface area contributed by atoms with Crippen LogP contribution in [0.15, 0.2) is 24.8 Å². The van der Waals surface area contributed by atoms with Gasteiger partial charge in [-0.1, -0.05) is 24.8 Å². The second kappa shape index (κ2) is 8.44. The van der Waals surface area contributed by atoms with Crippen LogP contribution in [0.4, 0.5) is 0 Å². The summed E-state index contributed by atoms with van der Waals surface area (Å²) in [6, 6.07) is 0. The Balaban J connectivity index is 2.90. The fraction of sp³-hybridized carbons (Fsp3) is 0.556. The van der Waals surface area contributed by atoms with Gasteiger partial charge in [0.25, 0.3) is 0 Å². The summed E-state index contributed by atoms with van der Waals surface area (Å²) in [6.07, 6.45) is 8.06. The smallest absolute Gasteiger partial charge is 0.0468 e. The van der Waals surface area contributed by atoms with Gasteiger partial charge in [-0.05, 0) is 19.8 Å². The van der Waals surface area contributed by atoms with Gasteiger partial charge < -0.3 is 4.74 Å². The van der Waals surface area contributed by atoms with E-state index in [1.807, 2.05) is 13.0 Å². The molecule has 0 amide bonds. The third kappa shape index (κ3) is 7.44. The van der Waals surface area contributed by atoms with Crippen LogP contribution in [0.1, 0.15) is 19.8 Å². The first-order valence-electron chi connectivity index (χ1n) is 3.77. The third-order valence-electron chi connectivity index (χ3n) is 1.14. The number of ether oxygens (including phenoxy) is 1. The van der Waals surface area contributed by atoms with Crippen LogP contribution in [0.3, 0.4) is 0 Å². The van der Waals surface area contributed by atoms with Gasteiger partial charge >= 0.3 is 0 Å². The van der Waals surface area contributed by atoms with Crippen LogP contribution in [0.5, 0.6) is 0 Å². The fourth-order valence-electron chi connectivity index (χ4n) is 0.640. The van der Waals surface area contributed by atoms with Gasteiger partial charge in [0.05, 0.1) is 0 Å². The molecule has 0 saturated heterocycles. The van der Waals surface area contributed by atoms with Gasteiger partial charge in [0, 0.05) is 13.2 Å². The van der Waals surface area contributed by atoms with Gasteiger partial charge in [0.1, 0.15) is 0 Å². The van der Waals surface area contributed by atoms with Crippen molar-refractivity contribution in [3.63, 3.8) is 0 Å². The molecule has 1 heteroatoms. The fourth-order valence-corrected chi connectivity index (χ4v) is 0.640. The SMILES string of the molecule is C=CC=CCCCOCC. The molecule has 0 atom stereocenters. The number of allylic oxidation sites excluding steroid dienone is 3. The van der Waals surface area contributed by atoms with E-state index in [-0.39, 0.29) is 0 Å². The number of unbranched alkanes of at least 4 members (excludes halogenated alkanes) is 1. The number of hydrogen-bond acceptors (Lipinski definition) is 1. The molecular formula is C9H16O. The van der Waals surface area contributed by atoms with Gasteiger partial charge in [0.15, 0.2) is 0 Å². The van der Waals surface area contributed by atoms with Crippen LogP contribution < -0.4 is 0 Å². The Morgan fingerprint density at radius 1 is 1.50 bits per heavy atom. The number of rotatable bonds is 6. The third-order valence-corrected chi connectivity index (χ3v) is 1.14. The maximum absolute atomic E-state index is 5.15. The first-order chi connectivity index (χ1) is 4.91. The molecule has 0 aromatic carbocycles. The minimum absolute atomic E-state index is 0.825. The first kappa shape index (κ1) is 9.44. The maximum atomic E-state index is 5.15. The van der Waals surface area contributed by atoms with E-state index >= 15 is 0 Å². The molecule has 0 aliphatic carbocycles. The molecule has 1 nitrogen and oxygen atoms in total. The van der Waals surface area contributed by atoms with Crippen LogP contribution in [0, 0.1) is 0 Å². The predicted octanol–water partition coefficient (Wildman–Crippen LogP) is 2.55. The Bertz CT molecular complexity index is 94.9. The summed E-state index contributed by atoms with van der Waals surface area (Å²) in [4.78, 5) is 0. The van der Waals surface area contributed by atoms with Crippen LogP contribution >= 0.6 is 0 Å². The molecule has 0 unspecified atom stereocenters. The van der Waals surface area contributed by atoms with E-state index in [4.69, 9.17) is 4.74 Å². The van der Waals surface area contributed by atoms with Gasteiger partial charge in [0.2, 0.25) is 0 Å². The molecule has 0 aliphatic heterocycles. The Labute approximate surface area is 63.4 Å². The largest absolute Gasteiger partial charge is 0.382 e. The summed E-state index contributed by atoms with van der Waals surface area (Å²) in [7, 11) is 0. The van der Waals surface area contributed by atoms with Gasteiger partial charge in [-0.3, -0.25) is 0 Å². The van der Waals surface area contributed by atoms with Crippen molar-refractivity contribution < 1.29 is 4.74 Å². The second-order valence-electron chi connectivity index (χ2n) is 2.00. The molecule has 0 bridgehead atoms. The van der Waals surface area contributed by atoms with E-state index in [0.29, 0.717) is 0 Å². The highest BCUT2D eigenvalue weighted by Gasteiger charge is 1.81. The van der Waals surface area contributed by atoms with Crippen molar-refractivity contribution in [1.82, 2.24) is 0 Å². The van der Waals surface area contributed by atoms with Gasteiger partial charge in [-0.25, -0.2) is 0 Å². The molecule has 0 aromatic heterocycles. The average molecular weight is 140 g/mol. The average Bonchev–Trinajstić information content (AvgIpc) is 1.97. The lowest BCUT2D eigenvalue weighted by atomic mass is 10.3. The highest BCUT2D eigenvalue weighted by molar-refractivity contribution is 4.96. The molecule has 10 heavy (non-hydrogen) atoms. The van der Waals surface area contributed by atoms with Crippen LogP contribution in [-0.2, 0) is 4.74 Å². The molecule has 0 aromatic rings. The minimum Gasteiger partial charge on any atom is -0.382 e. The summed E-state index contributed by atoms with van der Waals surface area (Å²) in [5, 5.41) is 0. The second-order valence-corrected chi connectivity index (χ2v) is 2.00. The summed E-state index contributed by atoms with van der Waals surface area (Å²) in [6.45, 7) is 7.29. The number of hydrogen-bond donors (Lipinski definition) is 0. The summed E-state index contributed by atoms with van der Waals surface area (Å²) in [5.74, 6) is 0. The van der Waals surface area contributed by atoms with Crippen molar-refractivity contribution in [3.05, 3.63) is 24.8 Å². The van der Waals surface area contributed by atoms with Crippen molar-refractivity contribution in [2.45, 2.75) is 19.8 Å². The quantitative estimate of drug-likeness (QED) is 0.407. The lowest BCUT2D eigenvalue weighted by molar-refractivity contribution is 0.145. The van der Waals surface area contributed by atoms with Gasteiger partial charge in [-0.15, -0.1) is 0 Å². The Kier molecular flexibility index (Phi) is 7.97. The molecule has 0 heterocycles. The zero-order chi connectivity index (χ0) is 7.66. The summed E-state index contributed by atoms with van der Waals surface area (Å²) < 4.78 is 5.15. The molecule has 0 radical (unpaired) electrons. The predicted molar refractivity (Wildman–Crippen MR) is 45.1 cm³/mol. The molecule has 0 spiro atoms. The molecule has 0 saturated carbocycles. The highest BCUT2D eigenvalue weighted by Crippen LogP contribution is 1.91. The molecule has 0 fully saturated rings.